The maximum Gasteiger partial charge on any atom is 0.233 e. The first-order valence-corrected chi connectivity index (χ1v) is 11.0. The fraction of sp³-hybridized carbons (Fsp3) is 0.550. The molecule has 1 aromatic heterocycles. The Morgan fingerprint density at radius 3 is 2.57 bits per heavy atom. The zero-order valence-corrected chi connectivity index (χ0v) is 18.7. The van der Waals surface area contributed by atoms with Crippen LogP contribution in [0.4, 0.5) is 0 Å². The zero-order chi connectivity index (χ0) is 20.7. The Balaban J connectivity index is 1.89. The van der Waals surface area contributed by atoms with Gasteiger partial charge in [-0.25, -0.2) is 4.98 Å². The van der Waals surface area contributed by atoms with Crippen molar-refractivity contribution in [2.45, 2.75) is 71.3 Å². The maximum absolute atomic E-state index is 12.7. The average Bonchev–Trinajstić information content (AvgIpc) is 3.15. The fourth-order valence-electron chi connectivity index (χ4n) is 2.79. The van der Waals surface area contributed by atoms with Crippen molar-refractivity contribution in [2.75, 3.05) is 5.75 Å². The van der Waals surface area contributed by atoms with E-state index in [2.05, 4.69) is 42.9 Å². The van der Waals surface area contributed by atoms with Gasteiger partial charge in [0.25, 0.3) is 0 Å². The molecule has 0 aliphatic carbocycles. The summed E-state index contributed by atoms with van der Waals surface area (Å²) < 4.78 is 5.72. The van der Waals surface area contributed by atoms with Gasteiger partial charge in [-0.1, -0.05) is 37.2 Å². The van der Waals surface area contributed by atoms with Crippen molar-refractivity contribution < 1.29 is 9.53 Å². The molecule has 0 radical (unpaired) electrons. The van der Waals surface area contributed by atoms with E-state index in [-0.39, 0.29) is 24.6 Å². The second-order valence-corrected chi connectivity index (χ2v) is 8.22. The van der Waals surface area contributed by atoms with Crippen LogP contribution in [0.3, 0.4) is 0 Å². The Bertz CT molecular complexity index is 773. The summed E-state index contributed by atoms with van der Waals surface area (Å²) >= 11 is 7.37. The summed E-state index contributed by atoms with van der Waals surface area (Å²) in [6, 6.07) is 5.95. The van der Waals surface area contributed by atoms with Crippen LogP contribution in [0, 0.1) is 6.92 Å². The van der Waals surface area contributed by atoms with Crippen LogP contribution in [-0.2, 0) is 11.4 Å². The number of aromatic amines is 1. The maximum atomic E-state index is 12.7. The molecule has 0 saturated heterocycles. The SMILES string of the molecule is CC[C@@H](C)N(C(=O)CSc1n[nH]c(COc2ccc(Cl)c(C)c2)n1)[C@@H](C)CC. The number of nitrogens with zero attached hydrogens (tertiary/aromatic N) is 3. The third-order valence-electron chi connectivity index (χ3n) is 4.76. The molecule has 8 heteroatoms. The van der Waals surface area contributed by atoms with E-state index < -0.39 is 0 Å². The van der Waals surface area contributed by atoms with Crippen LogP contribution < -0.4 is 4.74 Å². The molecule has 1 heterocycles. The molecule has 0 aliphatic heterocycles. The molecule has 1 amide bonds. The highest BCUT2D eigenvalue weighted by atomic mass is 35.5. The van der Waals surface area contributed by atoms with Crippen LogP contribution in [0.25, 0.3) is 0 Å². The summed E-state index contributed by atoms with van der Waals surface area (Å²) in [7, 11) is 0. The van der Waals surface area contributed by atoms with Gasteiger partial charge in [-0.15, -0.1) is 5.10 Å². The molecular formula is C20H29ClN4O2S. The summed E-state index contributed by atoms with van der Waals surface area (Å²) in [5.74, 6) is 1.78. The minimum absolute atomic E-state index is 0.118. The normalized spacial score (nSPS) is 13.2. The van der Waals surface area contributed by atoms with E-state index in [0.717, 1.165) is 24.2 Å². The summed E-state index contributed by atoms with van der Waals surface area (Å²) in [5.41, 5.74) is 0.957. The second-order valence-electron chi connectivity index (χ2n) is 6.87. The molecule has 154 valence electrons. The average molecular weight is 425 g/mol. The number of aryl methyl sites for hydroxylation is 1. The number of rotatable bonds is 10. The number of hydrogen-bond acceptors (Lipinski definition) is 5. The minimum atomic E-state index is 0.118. The van der Waals surface area contributed by atoms with Gasteiger partial charge < -0.3 is 9.64 Å². The van der Waals surface area contributed by atoms with Gasteiger partial charge in [0.15, 0.2) is 5.82 Å². The lowest BCUT2D eigenvalue weighted by molar-refractivity contribution is -0.132. The van der Waals surface area contributed by atoms with Crippen molar-refractivity contribution in [3.63, 3.8) is 0 Å². The number of H-pyrrole nitrogens is 1. The molecule has 1 aromatic carbocycles. The number of aromatic nitrogens is 3. The molecule has 0 fully saturated rings. The van der Waals surface area contributed by atoms with Gasteiger partial charge in [-0.05, 0) is 57.4 Å². The van der Waals surface area contributed by atoms with Crippen molar-refractivity contribution in [3.8, 4) is 5.75 Å². The van der Waals surface area contributed by atoms with Crippen LogP contribution in [-0.4, -0.2) is 43.8 Å². The van der Waals surface area contributed by atoms with Crippen molar-refractivity contribution in [1.29, 1.82) is 0 Å². The Morgan fingerprint density at radius 1 is 1.29 bits per heavy atom. The number of nitrogens with one attached hydrogen (secondary N) is 1. The zero-order valence-electron chi connectivity index (χ0n) is 17.2. The number of carbonyl (C=O) groups is 1. The molecule has 2 aromatic rings. The fourth-order valence-corrected chi connectivity index (χ4v) is 3.59. The van der Waals surface area contributed by atoms with E-state index in [0.29, 0.717) is 21.8 Å². The van der Waals surface area contributed by atoms with Crippen molar-refractivity contribution in [2.24, 2.45) is 0 Å². The van der Waals surface area contributed by atoms with Crippen LogP contribution >= 0.6 is 23.4 Å². The molecule has 0 spiro atoms. The predicted octanol–water partition coefficient (Wildman–Crippen LogP) is 4.86. The monoisotopic (exact) mass is 424 g/mol. The van der Waals surface area contributed by atoms with Crippen molar-refractivity contribution in [3.05, 3.63) is 34.6 Å². The molecular weight excluding hydrogens is 396 g/mol. The van der Waals surface area contributed by atoms with E-state index in [1.54, 1.807) is 6.07 Å². The Hall–Kier alpha value is -1.73. The number of benzene rings is 1. The largest absolute Gasteiger partial charge is 0.486 e. The highest BCUT2D eigenvalue weighted by molar-refractivity contribution is 7.99. The number of carbonyl (C=O) groups excluding carboxylic acids is 1. The van der Waals surface area contributed by atoms with Gasteiger partial charge in [0.2, 0.25) is 11.1 Å². The van der Waals surface area contributed by atoms with Crippen molar-refractivity contribution in [1.82, 2.24) is 20.1 Å². The number of amides is 1. The van der Waals surface area contributed by atoms with Gasteiger partial charge in [0.1, 0.15) is 12.4 Å². The van der Waals surface area contributed by atoms with Crippen LogP contribution in [0.1, 0.15) is 51.9 Å². The molecule has 2 rings (SSSR count). The van der Waals surface area contributed by atoms with Crippen LogP contribution in [0.2, 0.25) is 5.02 Å². The van der Waals surface area contributed by atoms with E-state index in [1.165, 1.54) is 11.8 Å². The quantitative estimate of drug-likeness (QED) is 0.551. The second kappa shape index (κ2) is 10.7. The van der Waals surface area contributed by atoms with Gasteiger partial charge in [0, 0.05) is 17.1 Å². The molecule has 0 aliphatic rings. The third kappa shape index (κ3) is 6.14. The summed E-state index contributed by atoms with van der Waals surface area (Å²) in [6.45, 7) is 10.6. The lowest BCUT2D eigenvalue weighted by atomic mass is 10.1. The van der Waals surface area contributed by atoms with E-state index in [9.17, 15) is 4.79 Å². The van der Waals surface area contributed by atoms with Crippen molar-refractivity contribution >= 4 is 29.3 Å². The summed E-state index contributed by atoms with van der Waals surface area (Å²) in [5, 5.41) is 8.30. The summed E-state index contributed by atoms with van der Waals surface area (Å²) in [4.78, 5) is 19.1. The number of thioether (sulfide) groups is 1. The van der Waals surface area contributed by atoms with Gasteiger partial charge in [0.05, 0.1) is 5.75 Å². The minimum Gasteiger partial charge on any atom is -0.486 e. The number of hydrogen-bond donors (Lipinski definition) is 1. The first-order chi connectivity index (χ1) is 13.3. The van der Waals surface area contributed by atoms with Gasteiger partial charge in [-0.3, -0.25) is 9.89 Å². The topological polar surface area (TPSA) is 71.1 Å². The van der Waals surface area contributed by atoms with E-state index >= 15 is 0 Å². The Morgan fingerprint density at radius 2 is 1.96 bits per heavy atom. The smallest absolute Gasteiger partial charge is 0.233 e. The first-order valence-electron chi connectivity index (χ1n) is 9.59. The predicted molar refractivity (Wildman–Crippen MR) is 114 cm³/mol. The first kappa shape index (κ1) is 22.6. The van der Waals surface area contributed by atoms with E-state index in [1.807, 2.05) is 24.0 Å². The van der Waals surface area contributed by atoms with E-state index in [4.69, 9.17) is 16.3 Å². The van der Waals surface area contributed by atoms with Gasteiger partial charge in [-0.2, -0.15) is 0 Å². The number of halogens is 1. The Kier molecular flexibility index (Phi) is 8.63. The van der Waals surface area contributed by atoms with Crippen LogP contribution in [0.5, 0.6) is 5.75 Å². The lowest BCUT2D eigenvalue weighted by Crippen LogP contribution is -2.45. The molecule has 0 saturated carbocycles. The summed E-state index contributed by atoms with van der Waals surface area (Å²) in [6.07, 6.45) is 1.88. The molecule has 2 atom stereocenters. The molecule has 0 unspecified atom stereocenters. The van der Waals surface area contributed by atoms with Gasteiger partial charge >= 0.3 is 0 Å². The number of ether oxygens (including phenoxy) is 1. The molecule has 0 bridgehead atoms. The molecule has 6 nitrogen and oxygen atoms in total. The highest BCUT2D eigenvalue weighted by Crippen LogP contribution is 2.22. The molecule has 1 N–H and O–H groups in total. The Labute approximate surface area is 176 Å². The molecule has 28 heavy (non-hydrogen) atoms. The third-order valence-corrected chi connectivity index (χ3v) is 6.02. The standard InChI is InChI=1S/C20H29ClN4O2S/c1-6-14(4)25(15(5)7-2)19(26)12-28-20-22-18(23-24-20)11-27-16-8-9-17(21)13(3)10-16/h8-10,14-15H,6-7,11-12H2,1-5H3,(H,22,23,24)/t14-,15+. The highest BCUT2D eigenvalue weighted by Gasteiger charge is 2.23. The lowest BCUT2D eigenvalue weighted by Gasteiger charge is -2.33. The van der Waals surface area contributed by atoms with Crippen LogP contribution in [0.15, 0.2) is 23.4 Å².